The summed E-state index contributed by atoms with van der Waals surface area (Å²) in [5, 5.41) is 0. The Labute approximate surface area is 111 Å². The number of ether oxygens (including phenoxy) is 2. The predicted octanol–water partition coefficient (Wildman–Crippen LogP) is 2.68. The Bertz CT molecular complexity index is 384. The minimum atomic E-state index is 0.393. The van der Waals surface area contributed by atoms with Gasteiger partial charge in [-0.05, 0) is 30.2 Å². The maximum absolute atomic E-state index is 5.37. The minimum Gasteiger partial charge on any atom is -0.497 e. The van der Waals surface area contributed by atoms with Gasteiger partial charge in [-0.25, -0.2) is 0 Å². The summed E-state index contributed by atoms with van der Waals surface area (Å²) < 4.78 is 11.7. The maximum atomic E-state index is 5.37. The van der Waals surface area contributed by atoms with Crippen molar-refractivity contribution in [3.05, 3.63) is 28.2 Å². The number of methoxy groups -OCH3 is 2. The number of hydrogen-bond donors (Lipinski definition) is 0. The van der Waals surface area contributed by atoms with Crippen molar-refractivity contribution >= 4 is 15.9 Å². The minimum absolute atomic E-state index is 0.393. The van der Waals surface area contributed by atoms with Crippen LogP contribution in [0.5, 0.6) is 5.75 Å². The van der Waals surface area contributed by atoms with E-state index in [0.29, 0.717) is 6.10 Å². The Morgan fingerprint density at radius 3 is 2.82 bits per heavy atom. The molecule has 0 amide bonds. The van der Waals surface area contributed by atoms with Crippen LogP contribution in [0.25, 0.3) is 0 Å². The lowest BCUT2D eigenvalue weighted by Gasteiger charge is -2.16. The second-order valence-corrected chi connectivity index (χ2v) is 5.30. The summed E-state index contributed by atoms with van der Waals surface area (Å²) in [5.41, 5.74) is 1.27. The lowest BCUT2D eigenvalue weighted by Crippen LogP contribution is -2.22. The van der Waals surface area contributed by atoms with Crippen molar-refractivity contribution < 1.29 is 9.47 Å². The molecule has 0 unspecified atom stereocenters. The van der Waals surface area contributed by atoms with Crippen LogP contribution in [0.2, 0.25) is 0 Å². The lowest BCUT2D eigenvalue weighted by molar-refractivity contribution is 0.107. The summed E-state index contributed by atoms with van der Waals surface area (Å²) >= 11 is 3.51. The molecule has 0 aromatic heterocycles. The van der Waals surface area contributed by atoms with E-state index in [1.54, 1.807) is 14.2 Å². The highest BCUT2D eigenvalue weighted by molar-refractivity contribution is 9.10. The van der Waals surface area contributed by atoms with Gasteiger partial charge >= 0.3 is 0 Å². The lowest BCUT2D eigenvalue weighted by atomic mass is 10.2. The van der Waals surface area contributed by atoms with E-state index in [4.69, 9.17) is 9.47 Å². The molecular formula is C13H18BrNO2. The maximum Gasteiger partial charge on any atom is 0.120 e. The van der Waals surface area contributed by atoms with Crippen molar-refractivity contribution in [2.24, 2.45) is 0 Å². The molecule has 0 aliphatic carbocycles. The monoisotopic (exact) mass is 299 g/mol. The molecule has 4 heteroatoms. The third-order valence-corrected chi connectivity index (χ3v) is 3.59. The Kier molecular flexibility index (Phi) is 4.42. The number of nitrogens with zero attached hydrogens (tertiary/aromatic N) is 1. The van der Waals surface area contributed by atoms with Gasteiger partial charge in [0.25, 0.3) is 0 Å². The average molecular weight is 300 g/mol. The number of hydrogen-bond acceptors (Lipinski definition) is 3. The molecule has 0 radical (unpaired) electrons. The molecule has 1 aromatic carbocycles. The van der Waals surface area contributed by atoms with Gasteiger partial charge < -0.3 is 9.47 Å². The fourth-order valence-corrected chi connectivity index (χ4v) is 2.74. The van der Waals surface area contributed by atoms with Crippen molar-refractivity contribution in [2.75, 3.05) is 27.3 Å². The quantitative estimate of drug-likeness (QED) is 0.853. The molecule has 94 valence electrons. The van der Waals surface area contributed by atoms with E-state index in [9.17, 15) is 0 Å². The molecule has 1 heterocycles. The van der Waals surface area contributed by atoms with E-state index in [2.05, 4.69) is 33.0 Å². The Hall–Kier alpha value is -0.580. The highest BCUT2D eigenvalue weighted by Crippen LogP contribution is 2.23. The first-order valence-electron chi connectivity index (χ1n) is 5.80. The van der Waals surface area contributed by atoms with Crippen molar-refractivity contribution in [3.8, 4) is 5.75 Å². The highest BCUT2D eigenvalue weighted by Gasteiger charge is 2.21. The van der Waals surface area contributed by atoms with Crippen molar-refractivity contribution in [3.63, 3.8) is 0 Å². The Morgan fingerprint density at radius 2 is 2.18 bits per heavy atom. The summed E-state index contributed by atoms with van der Waals surface area (Å²) in [7, 11) is 3.48. The molecule has 1 atom stereocenters. The van der Waals surface area contributed by atoms with Gasteiger partial charge in [-0.2, -0.15) is 0 Å². The number of benzene rings is 1. The summed E-state index contributed by atoms with van der Waals surface area (Å²) in [5.74, 6) is 0.900. The third-order valence-electron chi connectivity index (χ3n) is 3.14. The van der Waals surface area contributed by atoms with Crippen molar-refractivity contribution in [1.29, 1.82) is 0 Å². The molecule has 0 bridgehead atoms. The standard InChI is InChI=1S/C13H18BrNO2/c1-16-12-3-4-15(9-12)8-10-5-11(14)7-13(6-10)17-2/h5-7,12H,3-4,8-9H2,1-2H3/t12-/m1/s1. The summed E-state index contributed by atoms with van der Waals surface area (Å²) in [6.07, 6.45) is 1.52. The van der Waals surface area contributed by atoms with Crippen molar-refractivity contribution in [2.45, 2.75) is 19.1 Å². The van der Waals surface area contributed by atoms with Crippen LogP contribution in [0.3, 0.4) is 0 Å². The molecule has 0 N–H and O–H groups in total. The first kappa shape index (κ1) is 12.9. The van der Waals surface area contributed by atoms with E-state index in [-0.39, 0.29) is 0 Å². The van der Waals surface area contributed by atoms with Gasteiger partial charge in [0, 0.05) is 31.2 Å². The molecule has 0 saturated carbocycles. The topological polar surface area (TPSA) is 21.7 Å². The smallest absolute Gasteiger partial charge is 0.120 e. The van der Waals surface area contributed by atoms with Crippen molar-refractivity contribution in [1.82, 2.24) is 4.90 Å². The van der Waals surface area contributed by atoms with E-state index in [0.717, 1.165) is 36.3 Å². The summed E-state index contributed by atoms with van der Waals surface area (Å²) in [6.45, 7) is 3.08. The van der Waals surface area contributed by atoms with Crippen LogP contribution < -0.4 is 4.74 Å². The first-order chi connectivity index (χ1) is 8.21. The van der Waals surface area contributed by atoms with Gasteiger partial charge in [0.15, 0.2) is 0 Å². The zero-order valence-electron chi connectivity index (χ0n) is 10.3. The summed E-state index contributed by atoms with van der Waals surface area (Å²) in [6, 6.07) is 6.21. The van der Waals surface area contributed by atoms with E-state index < -0.39 is 0 Å². The SMILES string of the molecule is COc1cc(Br)cc(CN2CC[C@@H](OC)C2)c1. The zero-order valence-corrected chi connectivity index (χ0v) is 11.9. The Balaban J connectivity index is 2.01. The molecule has 1 aliphatic rings. The van der Waals surface area contributed by atoms with Gasteiger partial charge in [0.2, 0.25) is 0 Å². The normalized spacial score (nSPS) is 20.8. The van der Waals surface area contributed by atoms with Gasteiger partial charge in [0.1, 0.15) is 5.75 Å². The molecule has 1 aromatic rings. The van der Waals surface area contributed by atoms with E-state index in [1.807, 2.05) is 6.07 Å². The average Bonchev–Trinajstić information content (AvgIpc) is 2.76. The largest absolute Gasteiger partial charge is 0.497 e. The molecule has 3 nitrogen and oxygen atoms in total. The molecule has 1 saturated heterocycles. The number of rotatable bonds is 4. The van der Waals surface area contributed by atoms with Crippen LogP contribution in [0.4, 0.5) is 0 Å². The second kappa shape index (κ2) is 5.85. The van der Waals surface area contributed by atoms with Crippen LogP contribution in [-0.4, -0.2) is 38.3 Å². The molecule has 2 rings (SSSR count). The van der Waals surface area contributed by atoms with Crippen LogP contribution >= 0.6 is 15.9 Å². The van der Waals surface area contributed by atoms with Crippen LogP contribution in [-0.2, 0) is 11.3 Å². The summed E-state index contributed by atoms with van der Waals surface area (Å²) in [4.78, 5) is 2.41. The van der Waals surface area contributed by atoms with Gasteiger partial charge in [-0.3, -0.25) is 4.90 Å². The highest BCUT2D eigenvalue weighted by atomic mass is 79.9. The zero-order chi connectivity index (χ0) is 12.3. The molecule has 0 spiro atoms. The van der Waals surface area contributed by atoms with E-state index >= 15 is 0 Å². The first-order valence-corrected chi connectivity index (χ1v) is 6.59. The van der Waals surface area contributed by atoms with Crippen LogP contribution in [0, 0.1) is 0 Å². The fraction of sp³-hybridized carbons (Fsp3) is 0.538. The van der Waals surface area contributed by atoms with Crippen LogP contribution in [0.1, 0.15) is 12.0 Å². The van der Waals surface area contributed by atoms with E-state index in [1.165, 1.54) is 5.56 Å². The van der Waals surface area contributed by atoms with Gasteiger partial charge in [-0.15, -0.1) is 0 Å². The molecule has 17 heavy (non-hydrogen) atoms. The predicted molar refractivity (Wildman–Crippen MR) is 71.4 cm³/mol. The van der Waals surface area contributed by atoms with Gasteiger partial charge in [0.05, 0.1) is 13.2 Å². The Morgan fingerprint density at radius 1 is 1.35 bits per heavy atom. The number of likely N-dealkylation sites (tertiary alicyclic amines) is 1. The third kappa shape index (κ3) is 3.44. The van der Waals surface area contributed by atoms with Crippen LogP contribution in [0.15, 0.2) is 22.7 Å². The molecule has 1 fully saturated rings. The fourth-order valence-electron chi connectivity index (χ4n) is 2.22. The second-order valence-electron chi connectivity index (χ2n) is 4.38. The van der Waals surface area contributed by atoms with Gasteiger partial charge in [-0.1, -0.05) is 15.9 Å². The number of halogens is 1. The molecular weight excluding hydrogens is 282 g/mol. The molecule has 1 aliphatic heterocycles.